The predicted octanol–water partition coefficient (Wildman–Crippen LogP) is 17.6. The third-order valence-electron chi connectivity index (χ3n) is 13.6. The normalized spacial score (nSPS) is 13.1. The molecule has 0 atom stereocenters. The summed E-state index contributed by atoms with van der Waals surface area (Å²) in [4.78, 5) is 0. The first-order valence-corrected chi connectivity index (χ1v) is 23.3. The highest BCUT2D eigenvalue weighted by Crippen LogP contribution is 2.45. The molecule has 0 bridgehead atoms. The fraction of sp³-hybridized carbons (Fsp3) is 0.295. The Balaban J connectivity index is 1.44. The minimum Gasteiger partial charge on any atom is -0.309 e. The second-order valence-corrected chi connectivity index (χ2v) is 22.8. The summed E-state index contributed by atoms with van der Waals surface area (Å²) in [5.74, 6) is 0. The second-order valence-electron chi connectivity index (χ2n) is 22.8. The molecule has 7 aromatic carbocycles. The standard InChI is InChI=1S/C61H60F3N3/c1-36-26-39(29-44(27-36)61(62,63)64)38-15-21-52(67-55-24-18-42(59(8,9)10)33-49(55)50-34-43(60(11,12)13)19-25-56(50)67)46(30-38)45-28-37(35-65)14-20-51(45)66-53-22-16-40(57(2,3)4)31-47(53)48-32-41(58(5,6)7)17-23-54(48)66/h14-34H,1-13H3. The van der Waals surface area contributed by atoms with E-state index in [0.29, 0.717) is 22.3 Å². The van der Waals surface area contributed by atoms with E-state index >= 15 is 0 Å². The average Bonchev–Trinajstić information content (AvgIpc) is 3.75. The van der Waals surface area contributed by atoms with E-state index in [9.17, 15) is 18.4 Å². The third kappa shape index (κ3) is 8.11. The predicted molar refractivity (Wildman–Crippen MR) is 275 cm³/mol. The molecule has 9 aromatic rings. The molecule has 0 radical (unpaired) electrons. The Hall–Kier alpha value is -6.58. The van der Waals surface area contributed by atoms with Crippen molar-refractivity contribution in [3.63, 3.8) is 0 Å². The van der Waals surface area contributed by atoms with E-state index < -0.39 is 11.7 Å². The average molecular weight is 892 g/mol. The summed E-state index contributed by atoms with van der Waals surface area (Å²) in [6.45, 7) is 28.5. The summed E-state index contributed by atoms with van der Waals surface area (Å²) >= 11 is 0. The Labute approximate surface area is 393 Å². The summed E-state index contributed by atoms with van der Waals surface area (Å²) < 4.78 is 48.0. The van der Waals surface area contributed by atoms with Crippen molar-refractivity contribution in [1.29, 1.82) is 5.26 Å². The van der Waals surface area contributed by atoms with Gasteiger partial charge in [0, 0.05) is 32.7 Å². The number of nitrogens with zero attached hydrogens (tertiary/aromatic N) is 3. The van der Waals surface area contributed by atoms with Crippen molar-refractivity contribution in [2.75, 3.05) is 0 Å². The van der Waals surface area contributed by atoms with Crippen LogP contribution in [-0.2, 0) is 27.8 Å². The largest absolute Gasteiger partial charge is 0.416 e. The maximum absolute atomic E-state index is 14.5. The smallest absolute Gasteiger partial charge is 0.309 e. The van der Waals surface area contributed by atoms with Gasteiger partial charge in [-0.2, -0.15) is 18.4 Å². The van der Waals surface area contributed by atoms with Gasteiger partial charge in [-0.05, 0) is 159 Å². The summed E-state index contributed by atoms with van der Waals surface area (Å²) in [5, 5.41) is 15.1. The highest BCUT2D eigenvalue weighted by Gasteiger charge is 2.32. The molecular formula is C61H60F3N3. The Morgan fingerprint density at radius 2 is 0.761 bits per heavy atom. The Kier molecular flexibility index (Phi) is 10.5. The van der Waals surface area contributed by atoms with Crippen molar-refractivity contribution in [1.82, 2.24) is 9.13 Å². The van der Waals surface area contributed by atoms with Crippen LogP contribution in [0.1, 0.15) is 122 Å². The van der Waals surface area contributed by atoms with Gasteiger partial charge in [-0.3, -0.25) is 0 Å². The minimum absolute atomic E-state index is 0.0927. The van der Waals surface area contributed by atoms with Crippen LogP contribution in [0.5, 0.6) is 0 Å². The van der Waals surface area contributed by atoms with E-state index in [-0.39, 0.29) is 21.7 Å². The zero-order valence-corrected chi connectivity index (χ0v) is 41.1. The topological polar surface area (TPSA) is 33.6 Å². The summed E-state index contributed by atoms with van der Waals surface area (Å²) in [6.07, 6.45) is -4.52. The van der Waals surface area contributed by atoms with E-state index in [1.807, 2.05) is 42.5 Å². The van der Waals surface area contributed by atoms with Crippen molar-refractivity contribution in [3.8, 4) is 39.7 Å². The molecular weight excluding hydrogens is 832 g/mol. The lowest BCUT2D eigenvalue weighted by molar-refractivity contribution is -0.137. The van der Waals surface area contributed by atoms with Gasteiger partial charge in [-0.15, -0.1) is 0 Å². The van der Waals surface area contributed by atoms with Crippen molar-refractivity contribution < 1.29 is 13.2 Å². The first kappa shape index (κ1) is 45.6. The number of rotatable bonds is 4. The van der Waals surface area contributed by atoms with Gasteiger partial charge in [0.2, 0.25) is 0 Å². The highest BCUT2D eigenvalue weighted by atomic mass is 19.4. The van der Waals surface area contributed by atoms with Gasteiger partial charge in [0.25, 0.3) is 0 Å². The molecule has 0 spiro atoms. The van der Waals surface area contributed by atoms with Gasteiger partial charge in [-0.1, -0.05) is 119 Å². The van der Waals surface area contributed by atoms with Gasteiger partial charge in [-0.25, -0.2) is 0 Å². The first-order chi connectivity index (χ1) is 31.2. The molecule has 3 nitrogen and oxygen atoms in total. The van der Waals surface area contributed by atoms with Gasteiger partial charge in [0.1, 0.15) is 0 Å². The number of hydrogen-bond donors (Lipinski definition) is 0. The van der Waals surface area contributed by atoms with Gasteiger partial charge in [0.15, 0.2) is 0 Å². The fourth-order valence-electron chi connectivity index (χ4n) is 9.69. The Bertz CT molecular complexity index is 3360. The molecule has 0 aliphatic heterocycles. The molecule has 0 amide bonds. The van der Waals surface area contributed by atoms with Gasteiger partial charge in [0.05, 0.1) is 50.6 Å². The van der Waals surface area contributed by atoms with Crippen molar-refractivity contribution in [2.45, 2.75) is 118 Å². The van der Waals surface area contributed by atoms with Crippen molar-refractivity contribution in [2.24, 2.45) is 0 Å². The van der Waals surface area contributed by atoms with Gasteiger partial charge >= 0.3 is 6.18 Å². The van der Waals surface area contributed by atoms with Crippen LogP contribution in [0.2, 0.25) is 0 Å². The van der Waals surface area contributed by atoms with Gasteiger partial charge < -0.3 is 9.13 Å². The number of nitriles is 1. The quantitative estimate of drug-likeness (QED) is 0.173. The maximum atomic E-state index is 14.5. The van der Waals surface area contributed by atoms with Crippen LogP contribution in [0.4, 0.5) is 13.2 Å². The number of aryl methyl sites for hydroxylation is 1. The number of aromatic nitrogens is 2. The molecule has 0 unspecified atom stereocenters. The summed E-state index contributed by atoms with van der Waals surface area (Å²) in [6, 6.07) is 45.5. The highest BCUT2D eigenvalue weighted by molar-refractivity contribution is 6.12. The molecule has 0 saturated carbocycles. The van der Waals surface area contributed by atoms with E-state index in [0.717, 1.165) is 66.1 Å². The molecule has 0 fully saturated rings. The van der Waals surface area contributed by atoms with E-state index in [1.54, 1.807) is 6.92 Å². The van der Waals surface area contributed by atoms with Crippen LogP contribution in [0.25, 0.3) is 77.2 Å². The van der Waals surface area contributed by atoms with Crippen LogP contribution in [0.15, 0.2) is 127 Å². The molecule has 0 aliphatic carbocycles. The molecule has 0 saturated heterocycles. The SMILES string of the molecule is Cc1cc(-c2ccc(-n3c4ccc(C(C)(C)C)cc4c4cc(C(C)(C)C)ccc43)c(-c3cc(C#N)ccc3-n3c4ccc(C(C)(C)C)cc4c4cc(C(C)(C)C)ccc43)c2)cc(C(F)(F)F)c1. The zero-order valence-electron chi connectivity index (χ0n) is 41.1. The monoisotopic (exact) mass is 891 g/mol. The molecule has 0 N–H and O–H groups in total. The van der Waals surface area contributed by atoms with Crippen LogP contribution in [0, 0.1) is 18.3 Å². The van der Waals surface area contributed by atoms with Crippen molar-refractivity contribution in [3.05, 3.63) is 166 Å². The second kappa shape index (κ2) is 15.5. The molecule has 2 heterocycles. The third-order valence-corrected chi connectivity index (χ3v) is 13.6. The van der Waals surface area contributed by atoms with Crippen molar-refractivity contribution >= 4 is 43.6 Å². The maximum Gasteiger partial charge on any atom is 0.416 e. The lowest BCUT2D eigenvalue weighted by atomic mass is 9.85. The van der Waals surface area contributed by atoms with E-state index in [4.69, 9.17) is 0 Å². The molecule has 0 aliphatic rings. The van der Waals surface area contributed by atoms with Crippen LogP contribution in [0.3, 0.4) is 0 Å². The summed E-state index contributed by atoms with van der Waals surface area (Å²) in [7, 11) is 0. The Morgan fingerprint density at radius 3 is 1.12 bits per heavy atom. The van der Waals surface area contributed by atoms with E-state index in [2.05, 4.69) is 171 Å². The lowest BCUT2D eigenvalue weighted by Gasteiger charge is -2.22. The Morgan fingerprint density at radius 1 is 0.388 bits per heavy atom. The molecule has 67 heavy (non-hydrogen) atoms. The fourth-order valence-corrected chi connectivity index (χ4v) is 9.69. The molecule has 2 aromatic heterocycles. The lowest BCUT2D eigenvalue weighted by Crippen LogP contribution is -2.10. The number of alkyl halides is 3. The number of benzene rings is 7. The minimum atomic E-state index is -4.52. The number of fused-ring (bicyclic) bond motifs is 6. The van der Waals surface area contributed by atoms with Crippen LogP contribution >= 0.6 is 0 Å². The molecule has 340 valence electrons. The van der Waals surface area contributed by atoms with E-state index in [1.165, 1.54) is 34.4 Å². The zero-order chi connectivity index (χ0) is 48.3. The number of halogens is 3. The van der Waals surface area contributed by atoms with Crippen LogP contribution in [-0.4, -0.2) is 9.13 Å². The van der Waals surface area contributed by atoms with Crippen LogP contribution < -0.4 is 0 Å². The first-order valence-electron chi connectivity index (χ1n) is 23.3. The molecule has 6 heteroatoms. The summed E-state index contributed by atoms with van der Waals surface area (Å²) in [5.41, 5.74) is 13.2. The molecule has 9 rings (SSSR count). The number of hydrogen-bond acceptors (Lipinski definition) is 1.